The van der Waals surface area contributed by atoms with Gasteiger partial charge in [0.25, 0.3) is 0 Å². The fourth-order valence-electron chi connectivity index (χ4n) is 11.6. The second kappa shape index (κ2) is 10.1. The van der Waals surface area contributed by atoms with Crippen molar-refractivity contribution in [1.82, 2.24) is 0 Å². The summed E-state index contributed by atoms with van der Waals surface area (Å²) in [5, 5.41) is 5.00. The Morgan fingerprint density at radius 3 is 2.02 bits per heavy atom. The quantitative estimate of drug-likeness (QED) is 0.155. The molecule has 2 nitrogen and oxygen atoms in total. The van der Waals surface area contributed by atoms with E-state index in [2.05, 4.69) is 125 Å². The third-order valence-corrected chi connectivity index (χ3v) is 14.0. The molecular formula is C47H46F2N2+2. The van der Waals surface area contributed by atoms with Crippen molar-refractivity contribution in [2.24, 2.45) is 0 Å². The first-order valence-electron chi connectivity index (χ1n) is 19.2. The van der Waals surface area contributed by atoms with Gasteiger partial charge in [-0.15, -0.1) is 0 Å². The molecule has 0 N–H and O–H groups in total. The highest BCUT2D eigenvalue weighted by Gasteiger charge is 2.63. The van der Waals surface area contributed by atoms with Crippen LogP contribution in [0.2, 0.25) is 0 Å². The van der Waals surface area contributed by atoms with Gasteiger partial charge >= 0.3 is 0 Å². The molecule has 2 aliphatic carbocycles. The summed E-state index contributed by atoms with van der Waals surface area (Å²) in [5.41, 5.74) is 11.0. The minimum Gasteiger partial charge on any atom is -0.207 e. The molecule has 10 rings (SSSR count). The summed E-state index contributed by atoms with van der Waals surface area (Å²) in [6.45, 7) is 15.7. The van der Waals surface area contributed by atoms with Crippen molar-refractivity contribution in [3.8, 4) is 22.5 Å². The number of rotatable bonds is 6. The molecule has 2 aliphatic heterocycles. The largest absolute Gasteiger partial charge is 0.246 e. The van der Waals surface area contributed by atoms with Gasteiger partial charge in [-0.05, 0) is 76.9 Å². The van der Waals surface area contributed by atoms with Crippen LogP contribution < -0.4 is 9.13 Å². The van der Waals surface area contributed by atoms with Gasteiger partial charge in [-0.2, -0.15) is 9.13 Å². The van der Waals surface area contributed by atoms with Gasteiger partial charge in [-0.25, -0.2) is 8.78 Å². The second-order valence-electron chi connectivity index (χ2n) is 16.8. The molecule has 0 amide bonds. The predicted molar refractivity (Wildman–Crippen MR) is 201 cm³/mol. The summed E-state index contributed by atoms with van der Waals surface area (Å²) >= 11 is 0. The standard InChI is InChI=1S/C47H46F2N2/c1-8-11-13-26-16-18-31-36-28(26)23-25-51-43(36)38-32(19-21-34(49)40(38)46(31,6)7)47(9-2,10-3)44(51)41-29-17-20-33(48)39-37(29)42-35-27(22-24-50(41)42)14-12-15-30(35)45(39,4)5/h12,14-25,41,44H,8-11,13H2,1-7H3/q+2. The van der Waals surface area contributed by atoms with E-state index in [1.807, 2.05) is 0 Å². The molecule has 2 unspecified atom stereocenters. The van der Waals surface area contributed by atoms with Crippen LogP contribution in [0.15, 0.2) is 79.1 Å². The Balaban J connectivity index is 1.37. The van der Waals surface area contributed by atoms with E-state index < -0.39 is 10.8 Å². The average Bonchev–Trinajstić information content (AvgIpc) is 3.45. The van der Waals surface area contributed by atoms with Gasteiger partial charge in [0.1, 0.15) is 11.6 Å². The second-order valence-corrected chi connectivity index (χ2v) is 16.8. The molecule has 4 heteroatoms. The Morgan fingerprint density at radius 2 is 1.29 bits per heavy atom. The zero-order valence-corrected chi connectivity index (χ0v) is 30.8. The lowest BCUT2D eigenvalue weighted by atomic mass is 9.58. The van der Waals surface area contributed by atoms with Crippen molar-refractivity contribution in [2.45, 2.75) is 109 Å². The molecule has 0 fully saturated rings. The molecule has 256 valence electrons. The minimum absolute atomic E-state index is 0.0415. The topological polar surface area (TPSA) is 7.76 Å². The zero-order chi connectivity index (χ0) is 35.4. The normalized spacial score (nSPS) is 20.3. The maximum Gasteiger partial charge on any atom is 0.246 e. The van der Waals surface area contributed by atoms with E-state index >= 15 is 8.78 Å². The van der Waals surface area contributed by atoms with Gasteiger partial charge in [0.05, 0.1) is 27.3 Å². The van der Waals surface area contributed by atoms with E-state index in [0.29, 0.717) is 0 Å². The number of aryl methyl sites for hydroxylation is 1. The Bertz CT molecular complexity index is 2540. The summed E-state index contributed by atoms with van der Waals surface area (Å²) < 4.78 is 37.9. The van der Waals surface area contributed by atoms with Crippen LogP contribution in [0.25, 0.3) is 44.1 Å². The minimum atomic E-state index is -0.503. The van der Waals surface area contributed by atoms with Crippen LogP contribution in [0.4, 0.5) is 8.78 Å². The molecule has 4 aromatic carbocycles. The molecule has 0 saturated heterocycles. The maximum atomic E-state index is 16.5. The van der Waals surface area contributed by atoms with Gasteiger partial charge < -0.3 is 0 Å². The smallest absolute Gasteiger partial charge is 0.207 e. The highest BCUT2D eigenvalue weighted by molar-refractivity contribution is 6.03. The van der Waals surface area contributed by atoms with Crippen LogP contribution in [0.3, 0.4) is 0 Å². The van der Waals surface area contributed by atoms with Crippen LogP contribution in [-0.4, -0.2) is 0 Å². The predicted octanol–water partition coefficient (Wildman–Crippen LogP) is 11.0. The van der Waals surface area contributed by atoms with E-state index in [9.17, 15) is 0 Å². The molecule has 0 saturated carbocycles. The van der Waals surface area contributed by atoms with Gasteiger partial charge in [0, 0.05) is 39.7 Å². The lowest BCUT2D eigenvalue weighted by Gasteiger charge is -2.45. The van der Waals surface area contributed by atoms with Crippen molar-refractivity contribution in [2.75, 3.05) is 0 Å². The Kier molecular flexibility index (Phi) is 6.21. The first-order chi connectivity index (χ1) is 24.5. The number of hydrogen-bond donors (Lipinski definition) is 0. The molecular weight excluding hydrogens is 631 g/mol. The number of halogens is 2. The summed E-state index contributed by atoms with van der Waals surface area (Å²) in [6.07, 6.45) is 9.66. The average molecular weight is 677 g/mol. The Labute approximate surface area is 299 Å². The van der Waals surface area contributed by atoms with Crippen LogP contribution in [0.1, 0.15) is 125 Å². The molecule has 2 aromatic heterocycles. The Hall–Kier alpha value is -4.44. The van der Waals surface area contributed by atoms with Gasteiger partial charge in [-0.3, -0.25) is 0 Å². The molecule has 0 radical (unpaired) electrons. The van der Waals surface area contributed by atoms with E-state index in [1.54, 1.807) is 12.1 Å². The Morgan fingerprint density at radius 1 is 0.647 bits per heavy atom. The number of benzene rings is 4. The lowest BCUT2D eigenvalue weighted by Crippen LogP contribution is -2.63. The molecule has 0 bridgehead atoms. The van der Waals surface area contributed by atoms with Crippen LogP contribution in [0, 0.1) is 11.6 Å². The molecule has 4 heterocycles. The number of nitrogens with zero attached hydrogens (tertiary/aromatic N) is 2. The molecule has 4 aliphatic rings. The van der Waals surface area contributed by atoms with Crippen LogP contribution >= 0.6 is 0 Å². The summed E-state index contributed by atoms with van der Waals surface area (Å²) in [4.78, 5) is 0. The first-order valence-corrected chi connectivity index (χ1v) is 19.2. The summed E-state index contributed by atoms with van der Waals surface area (Å²) in [6, 6.07) is 23.3. The maximum absolute atomic E-state index is 16.5. The molecule has 2 atom stereocenters. The molecule has 6 aromatic rings. The van der Waals surface area contributed by atoms with E-state index in [1.165, 1.54) is 49.4 Å². The van der Waals surface area contributed by atoms with Crippen LogP contribution in [-0.2, 0) is 22.7 Å². The third kappa shape index (κ3) is 3.53. The molecule has 0 spiro atoms. The lowest BCUT2D eigenvalue weighted by molar-refractivity contribution is -0.805. The van der Waals surface area contributed by atoms with Gasteiger partial charge in [0.15, 0.2) is 12.4 Å². The van der Waals surface area contributed by atoms with Crippen LogP contribution in [0.5, 0.6) is 0 Å². The fourth-order valence-corrected chi connectivity index (χ4v) is 11.6. The van der Waals surface area contributed by atoms with Crippen molar-refractivity contribution in [1.29, 1.82) is 0 Å². The van der Waals surface area contributed by atoms with Gasteiger partial charge in [-0.1, -0.05) is 91.3 Å². The van der Waals surface area contributed by atoms with E-state index in [4.69, 9.17) is 0 Å². The third-order valence-electron chi connectivity index (χ3n) is 14.0. The van der Waals surface area contributed by atoms with Crippen molar-refractivity contribution in [3.63, 3.8) is 0 Å². The monoisotopic (exact) mass is 676 g/mol. The highest BCUT2D eigenvalue weighted by atomic mass is 19.1. The van der Waals surface area contributed by atoms with Crippen molar-refractivity contribution < 1.29 is 17.9 Å². The fraction of sp³-hybridized carbons (Fsp3) is 0.362. The number of aromatic nitrogens is 2. The summed E-state index contributed by atoms with van der Waals surface area (Å²) in [7, 11) is 0. The van der Waals surface area contributed by atoms with Crippen molar-refractivity contribution in [3.05, 3.63) is 130 Å². The van der Waals surface area contributed by atoms with E-state index in [-0.39, 0.29) is 29.1 Å². The molecule has 51 heavy (non-hydrogen) atoms. The highest BCUT2D eigenvalue weighted by Crippen LogP contribution is 2.61. The van der Waals surface area contributed by atoms with Gasteiger partial charge in [0.2, 0.25) is 23.5 Å². The van der Waals surface area contributed by atoms with E-state index in [0.717, 1.165) is 65.7 Å². The number of hydrogen-bond acceptors (Lipinski definition) is 0. The number of unbranched alkanes of at least 4 members (excludes halogenated alkanes) is 1. The number of pyridine rings is 2. The zero-order valence-electron chi connectivity index (χ0n) is 30.8. The van der Waals surface area contributed by atoms with Crippen molar-refractivity contribution >= 4 is 21.5 Å². The first kappa shape index (κ1) is 31.3. The summed E-state index contributed by atoms with van der Waals surface area (Å²) in [5.74, 6) is -0.260. The SMILES string of the molecule is CCCCc1ccc2c3c4[n+](ccc13)C(C1c3ccc(F)c5c3-c3c6c(cccc6cc[n+]31)C5(C)C)C(CC)(CC)c1ccc(F)c(c1-4)C2(C)C.